The number of hydrogen-bond acceptors (Lipinski definition) is 4. The van der Waals surface area contributed by atoms with E-state index in [0.717, 1.165) is 48.0 Å². The molecule has 2 aliphatic rings. The van der Waals surface area contributed by atoms with Crippen molar-refractivity contribution in [2.45, 2.75) is 25.8 Å². The second kappa shape index (κ2) is 7.79. The first-order valence-electron chi connectivity index (χ1n) is 9.31. The van der Waals surface area contributed by atoms with E-state index in [4.69, 9.17) is 21.1 Å². The molecule has 6 heteroatoms. The van der Waals surface area contributed by atoms with Gasteiger partial charge in [0.05, 0.1) is 0 Å². The highest BCUT2D eigenvalue weighted by Crippen LogP contribution is 2.35. The molecule has 0 bridgehead atoms. The van der Waals surface area contributed by atoms with Crippen LogP contribution in [-0.2, 0) is 4.79 Å². The zero-order chi connectivity index (χ0) is 18.8. The third-order valence-corrected chi connectivity index (χ3v) is 5.79. The van der Waals surface area contributed by atoms with E-state index in [9.17, 15) is 4.79 Å². The lowest BCUT2D eigenvalue weighted by atomic mass is 9.93. The molecule has 0 spiro atoms. The first-order valence-corrected chi connectivity index (χ1v) is 9.68. The first-order chi connectivity index (χ1) is 13.1. The van der Waals surface area contributed by atoms with Crippen molar-refractivity contribution in [3.63, 3.8) is 0 Å². The predicted molar refractivity (Wildman–Crippen MR) is 105 cm³/mol. The maximum atomic E-state index is 12.6. The highest BCUT2D eigenvalue weighted by Gasteiger charge is 2.28. The Morgan fingerprint density at radius 1 is 1.15 bits per heavy atom. The van der Waals surface area contributed by atoms with E-state index in [-0.39, 0.29) is 24.7 Å². The molecule has 0 aliphatic carbocycles. The number of carbonyl (C=O) groups excluding carboxylic acids is 1. The van der Waals surface area contributed by atoms with Gasteiger partial charge in [-0.1, -0.05) is 29.8 Å². The summed E-state index contributed by atoms with van der Waals surface area (Å²) in [6.07, 6.45) is 1.68. The van der Waals surface area contributed by atoms with E-state index in [1.807, 2.05) is 36.4 Å². The highest BCUT2D eigenvalue weighted by atomic mass is 35.5. The standard InChI is InChI=1S/C21H23ClN2O3/c1-14(17-4-2-3-5-18(17)22)24-10-8-15(9-11-24)21(25)23-16-6-7-19-20(12-16)27-13-26-19/h2-7,12,14-15H,8-11,13H2,1H3,(H,23,25). The fourth-order valence-corrected chi connectivity index (χ4v) is 4.07. The number of fused-ring (bicyclic) bond motifs is 1. The number of rotatable bonds is 4. The second-order valence-corrected chi connectivity index (χ2v) is 7.47. The summed E-state index contributed by atoms with van der Waals surface area (Å²) in [5.41, 5.74) is 1.89. The minimum atomic E-state index is 0.0186. The molecular weight excluding hydrogens is 364 g/mol. The van der Waals surface area contributed by atoms with Gasteiger partial charge in [0.15, 0.2) is 11.5 Å². The summed E-state index contributed by atoms with van der Waals surface area (Å²) in [6, 6.07) is 13.7. The number of benzene rings is 2. The molecule has 1 unspecified atom stereocenters. The Morgan fingerprint density at radius 2 is 1.89 bits per heavy atom. The monoisotopic (exact) mass is 386 g/mol. The molecule has 1 fully saturated rings. The second-order valence-electron chi connectivity index (χ2n) is 7.07. The Balaban J connectivity index is 1.33. The molecular formula is C21H23ClN2O3. The Kier molecular flexibility index (Phi) is 5.23. The number of nitrogens with zero attached hydrogens (tertiary/aromatic N) is 1. The van der Waals surface area contributed by atoms with E-state index in [1.54, 1.807) is 0 Å². The van der Waals surface area contributed by atoms with E-state index in [1.165, 1.54) is 0 Å². The summed E-state index contributed by atoms with van der Waals surface area (Å²) in [4.78, 5) is 15.0. The van der Waals surface area contributed by atoms with Crippen LogP contribution in [0, 0.1) is 5.92 Å². The topological polar surface area (TPSA) is 50.8 Å². The summed E-state index contributed by atoms with van der Waals surface area (Å²) < 4.78 is 10.7. The van der Waals surface area contributed by atoms with Crippen LogP contribution < -0.4 is 14.8 Å². The molecule has 27 heavy (non-hydrogen) atoms. The number of hydrogen-bond donors (Lipinski definition) is 1. The van der Waals surface area contributed by atoms with Crippen molar-refractivity contribution in [3.8, 4) is 11.5 Å². The van der Waals surface area contributed by atoms with Gasteiger partial charge in [0.1, 0.15) is 0 Å². The maximum Gasteiger partial charge on any atom is 0.231 e. The van der Waals surface area contributed by atoms with Gasteiger partial charge in [-0.15, -0.1) is 0 Å². The number of likely N-dealkylation sites (tertiary alicyclic amines) is 1. The largest absolute Gasteiger partial charge is 0.454 e. The summed E-state index contributed by atoms with van der Waals surface area (Å²) in [5, 5.41) is 3.81. The molecule has 1 N–H and O–H groups in total. The minimum absolute atomic E-state index is 0.0186. The van der Waals surface area contributed by atoms with Crippen LogP contribution in [0.15, 0.2) is 42.5 Å². The molecule has 1 saturated heterocycles. The van der Waals surface area contributed by atoms with Gasteiger partial charge in [-0.25, -0.2) is 0 Å². The number of anilines is 1. The van der Waals surface area contributed by atoms with Crippen LogP contribution in [0.5, 0.6) is 11.5 Å². The molecule has 2 aromatic rings. The summed E-state index contributed by atoms with van der Waals surface area (Å²) in [5.74, 6) is 1.48. The lowest BCUT2D eigenvalue weighted by Gasteiger charge is -2.36. The Bertz CT molecular complexity index is 834. The maximum absolute atomic E-state index is 12.6. The Hall–Kier alpha value is -2.24. The van der Waals surface area contributed by atoms with Crippen LogP contribution in [-0.4, -0.2) is 30.7 Å². The number of amides is 1. The molecule has 142 valence electrons. The number of ether oxygens (including phenoxy) is 2. The van der Waals surface area contributed by atoms with Gasteiger partial charge in [0.2, 0.25) is 12.7 Å². The predicted octanol–water partition coefficient (Wildman–Crippen LogP) is 4.48. The van der Waals surface area contributed by atoms with Gasteiger partial charge in [-0.2, -0.15) is 0 Å². The van der Waals surface area contributed by atoms with Gasteiger partial charge in [0, 0.05) is 28.7 Å². The summed E-state index contributed by atoms with van der Waals surface area (Å²) >= 11 is 6.34. The lowest BCUT2D eigenvalue weighted by Crippen LogP contribution is -2.39. The van der Waals surface area contributed by atoms with Crippen LogP contribution in [0.3, 0.4) is 0 Å². The van der Waals surface area contributed by atoms with Crippen molar-refractivity contribution in [2.24, 2.45) is 5.92 Å². The third kappa shape index (κ3) is 3.89. The Morgan fingerprint density at radius 3 is 2.67 bits per heavy atom. The van der Waals surface area contributed by atoms with Crippen LogP contribution in [0.25, 0.3) is 0 Å². The lowest BCUT2D eigenvalue weighted by molar-refractivity contribution is -0.121. The van der Waals surface area contributed by atoms with Crippen molar-refractivity contribution >= 4 is 23.2 Å². The number of piperidine rings is 1. The van der Waals surface area contributed by atoms with Gasteiger partial charge in [-0.3, -0.25) is 9.69 Å². The number of halogens is 1. The fourth-order valence-electron chi connectivity index (χ4n) is 3.78. The van der Waals surface area contributed by atoms with E-state index < -0.39 is 0 Å². The van der Waals surface area contributed by atoms with Crippen LogP contribution >= 0.6 is 11.6 Å². The van der Waals surface area contributed by atoms with Gasteiger partial charge >= 0.3 is 0 Å². The van der Waals surface area contributed by atoms with E-state index >= 15 is 0 Å². The molecule has 2 aromatic carbocycles. The first kappa shape index (κ1) is 18.1. The summed E-state index contributed by atoms with van der Waals surface area (Å²) in [7, 11) is 0. The van der Waals surface area contributed by atoms with Crippen molar-refractivity contribution in [2.75, 3.05) is 25.2 Å². The van der Waals surface area contributed by atoms with Crippen LogP contribution in [0.2, 0.25) is 5.02 Å². The van der Waals surface area contributed by atoms with Crippen molar-refractivity contribution in [1.82, 2.24) is 4.90 Å². The molecule has 0 aromatic heterocycles. The quantitative estimate of drug-likeness (QED) is 0.841. The normalized spacial score (nSPS) is 18.3. The average molecular weight is 387 g/mol. The van der Waals surface area contributed by atoms with Gasteiger partial charge < -0.3 is 14.8 Å². The van der Waals surface area contributed by atoms with Crippen LogP contribution in [0.1, 0.15) is 31.4 Å². The highest BCUT2D eigenvalue weighted by molar-refractivity contribution is 6.31. The molecule has 4 rings (SSSR count). The fraction of sp³-hybridized carbons (Fsp3) is 0.381. The van der Waals surface area contributed by atoms with Crippen molar-refractivity contribution in [1.29, 1.82) is 0 Å². The van der Waals surface area contributed by atoms with Crippen molar-refractivity contribution in [3.05, 3.63) is 53.1 Å². The molecule has 1 atom stereocenters. The molecule has 0 saturated carbocycles. The zero-order valence-electron chi connectivity index (χ0n) is 15.3. The van der Waals surface area contributed by atoms with E-state index in [0.29, 0.717) is 5.75 Å². The number of nitrogens with one attached hydrogen (secondary N) is 1. The SMILES string of the molecule is CC(c1ccccc1Cl)N1CCC(C(=O)Nc2ccc3c(c2)OCO3)CC1. The molecule has 0 radical (unpaired) electrons. The zero-order valence-corrected chi connectivity index (χ0v) is 16.0. The molecule has 2 aliphatic heterocycles. The number of carbonyl (C=O) groups is 1. The minimum Gasteiger partial charge on any atom is -0.454 e. The van der Waals surface area contributed by atoms with Crippen LogP contribution in [0.4, 0.5) is 5.69 Å². The molecule has 1 amide bonds. The van der Waals surface area contributed by atoms with E-state index in [2.05, 4.69) is 23.2 Å². The molecule has 2 heterocycles. The van der Waals surface area contributed by atoms with Gasteiger partial charge in [-0.05, 0) is 56.6 Å². The molecule has 5 nitrogen and oxygen atoms in total. The van der Waals surface area contributed by atoms with Crippen molar-refractivity contribution < 1.29 is 14.3 Å². The third-order valence-electron chi connectivity index (χ3n) is 5.44. The Labute approximate surface area is 164 Å². The smallest absolute Gasteiger partial charge is 0.231 e. The van der Waals surface area contributed by atoms with Gasteiger partial charge in [0.25, 0.3) is 0 Å². The average Bonchev–Trinajstić information content (AvgIpc) is 3.16. The summed E-state index contributed by atoms with van der Waals surface area (Å²) in [6.45, 7) is 4.17.